The van der Waals surface area contributed by atoms with Crippen LogP contribution in [-0.2, 0) is 11.3 Å². The van der Waals surface area contributed by atoms with Crippen LogP contribution in [-0.4, -0.2) is 30.1 Å². The van der Waals surface area contributed by atoms with Crippen LogP contribution in [0.25, 0.3) is 0 Å². The smallest absolute Gasteiger partial charge is 0.274 e. The number of nitro benzene ring substituents is 1. The predicted octanol–water partition coefficient (Wildman–Crippen LogP) is 1.80. The number of guanidine groups is 1. The van der Waals surface area contributed by atoms with Gasteiger partial charge < -0.3 is 15.8 Å². The first-order valence-electron chi connectivity index (χ1n) is 6.54. The highest BCUT2D eigenvalue weighted by Gasteiger charge is 2.15. The first kappa shape index (κ1) is 17.6. The summed E-state index contributed by atoms with van der Waals surface area (Å²) in [5, 5.41) is 13.8. The van der Waals surface area contributed by atoms with Crippen LogP contribution in [0.15, 0.2) is 29.3 Å². The van der Waals surface area contributed by atoms with Gasteiger partial charge in [-0.25, -0.2) is 4.99 Å². The molecule has 1 aliphatic heterocycles. The second-order valence-electron chi connectivity index (χ2n) is 4.60. The lowest BCUT2D eigenvalue weighted by Gasteiger charge is -2.11. The minimum absolute atomic E-state index is 0. The van der Waals surface area contributed by atoms with Crippen LogP contribution in [0.3, 0.4) is 0 Å². The van der Waals surface area contributed by atoms with Crippen molar-refractivity contribution in [2.24, 2.45) is 10.7 Å². The second-order valence-corrected chi connectivity index (χ2v) is 4.60. The van der Waals surface area contributed by atoms with Crippen LogP contribution in [0.2, 0.25) is 0 Å². The van der Waals surface area contributed by atoms with Crippen molar-refractivity contribution in [2.75, 3.05) is 13.2 Å². The monoisotopic (exact) mass is 406 g/mol. The molecule has 1 saturated heterocycles. The highest BCUT2D eigenvalue weighted by molar-refractivity contribution is 14.0. The van der Waals surface area contributed by atoms with Gasteiger partial charge in [-0.05, 0) is 12.8 Å². The molecule has 1 fully saturated rings. The van der Waals surface area contributed by atoms with Gasteiger partial charge in [0.1, 0.15) is 0 Å². The minimum Gasteiger partial charge on any atom is -0.376 e. The Labute approximate surface area is 140 Å². The summed E-state index contributed by atoms with van der Waals surface area (Å²) >= 11 is 0. The van der Waals surface area contributed by atoms with Crippen molar-refractivity contribution in [2.45, 2.75) is 25.5 Å². The molecule has 0 amide bonds. The average molecular weight is 406 g/mol. The Hall–Kier alpha value is -1.42. The van der Waals surface area contributed by atoms with Crippen LogP contribution in [0.1, 0.15) is 18.4 Å². The standard InChI is InChI=1S/C13H18N4O3.HI/c14-13(16-9-11-5-3-7-20-11)15-8-10-4-1-2-6-12(10)17(18)19;/h1-2,4,6,11H,3,5,7-9H2,(H3,14,15,16);1H. The van der Waals surface area contributed by atoms with E-state index in [0.717, 1.165) is 19.4 Å². The number of ether oxygens (including phenoxy) is 1. The number of nitrogens with zero attached hydrogens (tertiary/aromatic N) is 2. The van der Waals surface area contributed by atoms with Crippen molar-refractivity contribution in [3.05, 3.63) is 39.9 Å². The number of nitrogens with two attached hydrogens (primary N) is 1. The van der Waals surface area contributed by atoms with E-state index in [4.69, 9.17) is 10.5 Å². The number of rotatable bonds is 5. The third-order valence-electron chi connectivity index (χ3n) is 3.14. The zero-order valence-electron chi connectivity index (χ0n) is 11.5. The zero-order chi connectivity index (χ0) is 14.4. The van der Waals surface area contributed by atoms with Gasteiger partial charge in [0.05, 0.1) is 23.1 Å². The number of nitro groups is 1. The third kappa shape index (κ3) is 5.46. The maximum absolute atomic E-state index is 10.9. The van der Waals surface area contributed by atoms with Crippen LogP contribution >= 0.6 is 24.0 Å². The summed E-state index contributed by atoms with van der Waals surface area (Å²) in [5.41, 5.74) is 6.34. The number of halogens is 1. The molecule has 1 aromatic carbocycles. The van der Waals surface area contributed by atoms with Crippen LogP contribution in [0, 0.1) is 10.1 Å². The maximum atomic E-state index is 10.9. The highest BCUT2D eigenvalue weighted by Crippen LogP contribution is 2.18. The molecule has 0 bridgehead atoms. The first-order valence-corrected chi connectivity index (χ1v) is 6.54. The molecule has 3 N–H and O–H groups in total. The number of nitrogens with one attached hydrogen (secondary N) is 1. The fourth-order valence-corrected chi connectivity index (χ4v) is 2.07. The molecule has 0 saturated carbocycles. The lowest BCUT2D eigenvalue weighted by molar-refractivity contribution is -0.385. The Balaban J connectivity index is 0.00000220. The van der Waals surface area contributed by atoms with Crippen LogP contribution in [0.5, 0.6) is 0 Å². The van der Waals surface area contributed by atoms with Gasteiger partial charge in [-0.2, -0.15) is 0 Å². The Bertz CT molecular complexity index is 504. The minimum atomic E-state index is -0.416. The van der Waals surface area contributed by atoms with Gasteiger partial charge in [0.2, 0.25) is 0 Å². The molecule has 0 aromatic heterocycles. The molecule has 8 heteroatoms. The lowest BCUT2D eigenvalue weighted by atomic mass is 10.2. The fraction of sp³-hybridized carbons (Fsp3) is 0.462. The van der Waals surface area contributed by atoms with E-state index >= 15 is 0 Å². The molecular formula is C13H19IN4O3. The van der Waals surface area contributed by atoms with Crippen molar-refractivity contribution >= 4 is 35.6 Å². The van der Waals surface area contributed by atoms with Crippen LogP contribution in [0.4, 0.5) is 5.69 Å². The van der Waals surface area contributed by atoms with Crippen LogP contribution < -0.4 is 11.1 Å². The largest absolute Gasteiger partial charge is 0.376 e. The van der Waals surface area contributed by atoms with Crippen molar-refractivity contribution in [1.29, 1.82) is 0 Å². The molecule has 21 heavy (non-hydrogen) atoms. The predicted molar refractivity (Wildman–Crippen MR) is 90.8 cm³/mol. The Morgan fingerprint density at radius 1 is 1.52 bits per heavy atom. The van der Waals surface area contributed by atoms with Gasteiger partial charge in [0, 0.05) is 19.2 Å². The molecule has 0 spiro atoms. The molecule has 2 rings (SSSR count). The molecule has 116 valence electrons. The van der Waals surface area contributed by atoms with E-state index in [0.29, 0.717) is 12.1 Å². The van der Waals surface area contributed by atoms with Crippen molar-refractivity contribution in [3.63, 3.8) is 0 Å². The fourth-order valence-electron chi connectivity index (χ4n) is 2.07. The molecular weight excluding hydrogens is 387 g/mol. The molecule has 0 aliphatic carbocycles. The molecule has 1 heterocycles. The summed E-state index contributed by atoms with van der Waals surface area (Å²) in [6.45, 7) is 1.59. The zero-order valence-corrected chi connectivity index (χ0v) is 13.9. The summed E-state index contributed by atoms with van der Waals surface area (Å²) in [7, 11) is 0. The summed E-state index contributed by atoms with van der Waals surface area (Å²) in [5.74, 6) is 0.277. The Kier molecular flexibility index (Phi) is 7.37. The first-order chi connectivity index (χ1) is 9.66. The van der Waals surface area contributed by atoms with Gasteiger partial charge in [0.15, 0.2) is 5.96 Å². The lowest BCUT2D eigenvalue weighted by Crippen LogP contribution is -2.37. The molecule has 1 aliphatic rings. The van der Waals surface area contributed by atoms with E-state index in [1.54, 1.807) is 18.2 Å². The number of benzene rings is 1. The van der Waals surface area contributed by atoms with Crippen molar-refractivity contribution in [1.82, 2.24) is 5.32 Å². The molecule has 0 radical (unpaired) electrons. The van der Waals surface area contributed by atoms with Gasteiger partial charge in [-0.3, -0.25) is 10.1 Å². The summed E-state index contributed by atoms with van der Waals surface area (Å²) < 4.78 is 5.45. The van der Waals surface area contributed by atoms with Gasteiger partial charge >= 0.3 is 0 Å². The number of hydrogen-bond acceptors (Lipinski definition) is 4. The average Bonchev–Trinajstić information content (AvgIpc) is 2.96. The van der Waals surface area contributed by atoms with E-state index in [1.807, 2.05) is 0 Å². The van der Waals surface area contributed by atoms with E-state index in [-0.39, 0.29) is 48.3 Å². The van der Waals surface area contributed by atoms with Gasteiger partial charge in [-0.1, -0.05) is 18.2 Å². The summed E-state index contributed by atoms with van der Waals surface area (Å²) in [6.07, 6.45) is 2.26. The molecule has 7 nitrogen and oxygen atoms in total. The number of hydrogen-bond donors (Lipinski definition) is 2. The van der Waals surface area contributed by atoms with E-state index in [2.05, 4.69) is 10.3 Å². The van der Waals surface area contributed by atoms with E-state index in [9.17, 15) is 10.1 Å². The molecule has 1 atom stereocenters. The van der Waals surface area contributed by atoms with Gasteiger partial charge in [-0.15, -0.1) is 24.0 Å². The quantitative estimate of drug-likeness (QED) is 0.255. The highest BCUT2D eigenvalue weighted by atomic mass is 127. The molecule has 1 unspecified atom stereocenters. The number of aliphatic imine (C=N–C) groups is 1. The number of para-hydroxylation sites is 1. The summed E-state index contributed by atoms with van der Waals surface area (Å²) in [6, 6.07) is 6.51. The van der Waals surface area contributed by atoms with Gasteiger partial charge in [0.25, 0.3) is 5.69 Å². The SMILES string of the molecule is I.NC(=NCc1ccccc1[N+](=O)[O-])NCC1CCCO1. The normalized spacial score (nSPS) is 18.1. The topological polar surface area (TPSA) is 103 Å². The third-order valence-corrected chi connectivity index (χ3v) is 3.14. The summed E-state index contributed by atoms with van der Waals surface area (Å²) in [4.78, 5) is 14.6. The van der Waals surface area contributed by atoms with Crippen molar-refractivity contribution < 1.29 is 9.66 Å². The Morgan fingerprint density at radius 2 is 2.29 bits per heavy atom. The second kappa shape index (κ2) is 8.78. The van der Waals surface area contributed by atoms with Crippen molar-refractivity contribution in [3.8, 4) is 0 Å². The van der Waals surface area contributed by atoms with E-state index in [1.165, 1.54) is 6.07 Å². The molecule has 1 aromatic rings. The Morgan fingerprint density at radius 3 is 2.95 bits per heavy atom. The van der Waals surface area contributed by atoms with E-state index < -0.39 is 4.92 Å². The maximum Gasteiger partial charge on any atom is 0.274 e.